The number of carbonyl (C=O) groups excluding carboxylic acids is 2. The number of methoxy groups -OCH3 is 1. The van der Waals surface area contributed by atoms with Gasteiger partial charge >= 0.3 is 5.97 Å². The van der Waals surface area contributed by atoms with Gasteiger partial charge in [0.2, 0.25) is 5.91 Å². The van der Waals surface area contributed by atoms with E-state index in [2.05, 4.69) is 29.2 Å². The molecule has 0 spiro atoms. The van der Waals surface area contributed by atoms with Gasteiger partial charge in [-0.1, -0.05) is 67.8 Å². The van der Waals surface area contributed by atoms with Crippen LogP contribution in [0.4, 0.5) is 11.4 Å². The van der Waals surface area contributed by atoms with Gasteiger partial charge in [0.1, 0.15) is 0 Å². The summed E-state index contributed by atoms with van der Waals surface area (Å²) in [5.74, 6) is -0.272. The normalized spacial score (nSPS) is 20.3. The first-order valence-electron chi connectivity index (χ1n) is 14.8. The molecule has 0 heterocycles. The second-order valence-electron chi connectivity index (χ2n) is 11.1. The van der Waals surface area contributed by atoms with Crippen molar-refractivity contribution in [2.45, 2.75) is 57.4 Å². The lowest BCUT2D eigenvalue weighted by Crippen LogP contribution is -2.37. The van der Waals surface area contributed by atoms with Gasteiger partial charge in [0.15, 0.2) is 0 Å². The SMILES string of the molecule is [2H]C(c1ccc(-c2ccc(N(C)C)cc2)cc1)N(C(=O)C1CCCCC1)c1cccc(C2CC[C@H]2C(=O)OC)c1. The molecule has 0 saturated heterocycles. The molecule has 2 aliphatic carbocycles. The number of carbonyl (C=O) groups is 2. The molecule has 3 aromatic rings. The standard InChI is InChI=1S/C34H40N2O3/c1-35(2)29-18-16-26(17-19-29)25-14-12-24(13-15-25)23-36(33(37)27-8-5-4-6-9-27)30-11-7-10-28(22-30)31-20-21-32(31)34(38)39-3/h7,10-19,22,27,31-32H,4-6,8-9,20-21,23H2,1-3H3/t31?,32-/m1/s1/i23D/t23?,31?,32-. The highest BCUT2D eigenvalue weighted by molar-refractivity contribution is 5.95. The topological polar surface area (TPSA) is 49.9 Å². The summed E-state index contributed by atoms with van der Waals surface area (Å²) in [7, 11) is 5.49. The molecule has 5 rings (SSSR count). The zero-order valence-electron chi connectivity index (χ0n) is 24.3. The fourth-order valence-corrected chi connectivity index (χ4v) is 5.91. The average Bonchev–Trinajstić information content (AvgIpc) is 2.97. The van der Waals surface area contributed by atoms with Crippen LogP contribution in [0.1, 0.15) is 63.4 Å². The van der Waals surface area contributed by atoms with Gasteiger partial charge in [-0.3, -0.25) is 9.59 Å². The molecular weight excluding hydrogens is 484 g/mol. The Morgan fingerprint density at radius 1 is 0.846 bits per heavy atom. The molecule has 0 radical (unpaired) electrons. The molecule has 39 heavy (non-hydrogen) atoms. The van der Waals surface area contributed by atoms with Gasteiger partial charge in [0.25, 0.3) is 0 Å². The Morgan fingerprint density at radius 2 is 1.51 bits per heavy atom. The molecule has 2 saturated carbocycles. The summed E-state index contributed by atoms with van der Waals surface area (Å²) in [5, 5.41) is 0. The van der Waals surface area contributed by atoms with E-state index in [0.29, 0.717) is 0 Å². The summed E-state index contributed by atoms with van der Waals surface area (Å²) in [6.07, 6.45) is 6.75. The van der Waals surface area contributed by atoms with Crippen molar-refractivity contribution in [2.24, 2.45) is 11.8 Å². The summed E-state index contributed by atoms with van der Waals surface area (Å²) in [5.41, 5.74) is 5.87. The highest BCUT2D eigenvalue weighted by Gasteiger charge is 2.38. The molecule has 2 fully saturated rings. The maximum Gasteiger partial charge on any atom is 0.309 e. The van der Waals surface area contributed by atoms with Crippen LogP contribution < -0.4 is 9.80 Å². The number of hydrogen-bond donors (Lipinski definition) is 0. The smallest absolute Gasteiger partial charge is 0.309 e. The minimum absolute atomic E-state index is 0.0262. The van der Waals surface area contributed by atoms with Gasteiger partial charge in [-0.2, -0.15) is 0 Å². The van der Waals surface area contributed by atoms with E-state index in [0.717, 1.165) is 78.6 Å². The van der Waals surface area contributed by atoms with Crippen LogP contribution in [0, 0.1) is 11.8 Å². The van der Waals surface area contributed by atoms with Crippen molar-refractivity contribution in [3.63, 3.8) is 0 Å². The van der Waals surface area contributed by atoms with Crippen LogP contribution in [0.25, 0.3) is 11.1 Å². The first-order chi connectivity index (χ1) is 19.4. The molecule has 3 aromatic carbocycles. The number of nitrogens with zero attached hydrogens (tertiary/aromatic N) is 2. The predicted molar refractivity (Wildman–Crippen MR) is 158 cm³/mol. The first-order valence-corrected chi connectivity index (χ1v) is 14.2. The monoisotopic (exact) mass is 525 g/mol. The van der Waals surface area contributed by atoms with Crippen molar-refractivity contribution in [1.82, 2.24) is 0 Å². The Bertz CT molecular complexity index is 1320. The first kappa shape index (κ1) is 25.7. The lowest BCUT2D eigenvalue weighted by atomic mass is 9.70. The summed E-state index contributed by atoms with van der Waals surface area (Å²) >= 11 is 0. The molecule has 204 valence electrons. The number of hydrogen-bond acceptors (Lipinski definition) is 4. The van der Waals surface area contributed by atoms with Gasteiger partial charge in [-0.05, 0) is 78.1 Å². The van der Waals surface area contributed by atoms with E-state index < -0.39 is 6.52 Å². The highest BCUT2D eigenvalue weighted by Crippen LogP contribution is 2.44. The van der Waals surface area contributed by atoms with Crippen LogP contribution in [-0.2, 0) is 20.8 Å². The number of benzene rings is 3. The number of anilines is 2. The van der Waals surface area contributed by atoms with Crippen molar-refractivity contribution < 1.29 is 15.7 Å². The number of ether oxygens (including phenoxy) is 1. The molecule has 2 unspecified atom stereocenters. The van der Waals surface area contributed by atoms with Crippen molar-refractivity contribution in [3.05, 3.63) is 83.9 Å². The van der Waals surface area contributed by atoms with Gasteiger partial charge < -0.3 is 14.5 Å². The minimum atomic E-state index is -0.868. The summed E-state index contributed by atoms with van der Waals surface area (Å²) in [6, 6.07) is 24.3. The molecule has 1 amide bonds. The Labute approximate surface area is 234 Å². The minimum Gasteiger partial charge on any atom is -0.469 e. The fourth-order valence-electron chi connectivity index (χ4n) is 5.91. The van der Waals surface area contributed by atoms with Crippen molar-refractivity contribution >= 4 is 23.3 Å². The fraction of sp³-hybridized carbons (Fsp3) is 0.412. The third kappa shape index (κ3) is 6.03. The summed E-state index contributed by atoms with van der Waals surface area (Å²) < 4.78 is 14.3. The lowest BCUT2D eigenvalue weighted by molar-refractivity contribution is -0.149. The Morgan fingerprint density at radius 3 is 2.10 bits per heavy atom. The summed E-state index contributed by atoms with van der Waals surface area (Å²) in [4.78, 5) is 30.0. The Balaban J connectivity index is 1.44. The zero-order chi connectivity index (χ0) is 28.2. The molecule has 0 aliphatic heterocycles. The molecule has 0 bridgehead atoms. The van der Waals surface area contributed by atoms with Crippen molar-refractivity contribution in [3.8, 4) is 11.1 Å². The van der Waals surface area contributed by atoms with E-state index in [-0.39, 0.29) is 29.6 Å². The maximum absolute atomic E-state index is 14.0. The van der Waals surface area contributed by atoms with Crippen LogP contribution in [-0.4, -0.2) is 33.1 Å². The van der Waals surface area contributed by atoms with Crippen LogP contribution in [0.15, 0.2) is 72.8 Å². The quantitative estimate of drug-likeness (QED) is 0.292. The summed E-state index contributed by atoms with van der Waals surface area (Å²) in [6.45, 7) is -0.868. The lowest BCUT2D eigenvalue weighted by Gasteiger charge is -2.35. The second-order valence-corrected chi connectivity index (χ2v) is 11.1. The van der Waals surface area contributed by atoms with Crippen LogP contribution >= 0.6 is 0 Å². The van der Waals surface area contributed by atoms with E-state index in [1.807, 2.05) is 62.6 Å². The average molecular weight is 526 g/mol. The third-order valence-corrected chi connectivity index (χ3v) is 8.45. The third-order valence-electron chi connectivity index (χ3n) is 8.45. The maximum atomic E-state index is 14.0. The molecule has 0 aromatic heterocycles. The number of rotatable bonds is 8. The van der Waals surface area contributed by atoms with Crippen LogP contribution in [0.2, 0.25) is 0 Å². The van der Waals surface area contributed by atoms with E-state index in [9.17, 15) is 11.0 Å². The molecular formula is C34H40N2O3. The largest absolute Gasteiger partial charge is 0.469 e. The Kier molecular flexibility index (Phi) is 7.94. The van der Waals surface area contributed by atoms with Crippen LogP contribution in [0.5, 0.6) is 0 Å². The zero-order valence-corrected chi connectivity index (χ0v) is 23.3. The van der Waals surface area contributed by atoms with Crippen molar-refractivity contribution in [2.75, 3.05) is 31.0 Å². The molecule has 5 nitrogen and oxygen atoms in total. The highest BCUT2D eigenvalue weighted by atomic mass is 16.5. The van der Waals surface area contributed by atoms with E-state index in [1.165, 1.54) is 7.11 Å². The van der Waals surface area contributed by atoms with Crippen LogP contribution in [0.3, 0.4) is 0 Å². The second kappa shape index (κ2) is 12.1. The molecule has 5 heteroatoms. The van der Waals surface area contributed by atoms with E-state index >= 15 is 0 Å². The molecule has 2 aliphatic rings. The Hall–Kier alpha value is -3.60. The van der Waals surface area contributed by atoms with Crippen molar-refractivity contribution in [1.29, 1.82) is 0 Å². The van der Waals surface area contributed by atoms with Gasteiger partial charge in [0, 0.05) is 31.4 Å². The van der Waals surface area contributed by atoms with E-state index in [4.69, 9.17) is 4.74 Å². The van der Waals surface area contributed by atoms with Gasteiger partial charge in [-0.15, -0.1) is 0 Å². The molecule has 0 N–H and O–H groups in total. The molecule has 3 atom stereocenters. The van der Waals surface area contributed by atoms with Gasteiger partial charge in [0.05, 0.1) is 20.9 Å². The van der Waals surface area contributed by atoms with E-state index in [1.54, 1.807) is 4.90 Å². The number of amides is 1. The predicted octanol–water partition coefficient (Wildman–Crippen LogP) is 7.20. The van der Waals surface area contributed by atoms with Gasteiger partial charge in [-0.25, -0.2) is 0 Å². The number of esters is 1.